The Labute approximate surface area is 73.7 Å². The lowest BCUT2D eigenvalue weighted by Crippen LogP contribution is -2.00. The molecule has 1 aromatic heterocycles. The van der Waals surface area contributed by atoms with Crippen molar-refractivity contribution in [1.82, 2.24) is 4.98 Å². The van der Waals surface area contributed by atoms with Crippen molar-refractivity contribution < 1.29 is 4.74 Å². The minimum absolute atomic E-state index is 0.435. The van der Waals surface area contributed by atoms with E-state index in [2.05, 4.69) is 20.9 Å². The number of halogens is 1. The highest BCUT2D eigenvalue weighted by molar-refractivity contribution is 9.10. The highest BCUT2D eigenvalue weighted by atomic mass is 79.9. The fourth-order valence-electron chi connectivity index (χ4n) is 0.711. The Morgan fingerprint density at radius 2 is 2.45 bits per heavy atom. The van der Waals surface area contributed by atoms with Gasteiger partial charge < -0.3 is 10.5 Å². The minimum atomic E-state index is 0.435. The Hall–Kier alpha value is -0.610. The summed E-state index contributed by atoms with van der Waals surface area (Å²) in [5, 5.41) is 0. The summed E-state index contributed by atoms with van der Waals surface area (Å²) < 4.78 is 5.85. The van der Waals surface area contributed by atoms with Gasteiger partial charge in [-0.05, 0) is 22.0 Å². The first-order valence-corrected chi connectivity index (χ1v) is 3.95. The predicted octanol–water partition coefficient (Wildman–Crippen LogP) is 1.31. The van der Waals surface area contributed by atoms with E-state index in [9.17, 15) is 0 Å². The van der Waals surface area contributed by atoms with E-state index < -0.39 is 0 Å². The molecule has 0 aliphatic rings. The van der Waals surface area contributed by atoms with Crippen LogP contribution < -0.4 is 10.5 Å². The van der Waals surface area contributed by atoms with Gasteiger partial charge >= 0.3 is 0 Å². The number of hydrogen-bond donors (Lipinski definition) is 1. The molecule has 0 unspecified atom stereocenters. The van der Waals surface area contributed by atoms with E-state index in [0.717, 1.165) is 15.9 Å². The van der Waals surface area contributed by atoms with Crippen LogP contribution in [0.25, 0.3) is 0 Å². The van der Waals surface area contributed by atoms with Gasteiger partial charge in [-0.1, -0.05) is 0 Å². The lowest BCUT2D eigenvalue weighted by atomic mass is 10.3. The molecule has 0 amide bonds. The van der Waals surface area contributed by atoms with E-state index in [1.807, 2.05) is 6.07 Å². The molecule has 1 heterocycles. The van der Waals surface area contributed by atoms with E-state index in [4.69, 9.17) is 10.5 Å². The lowest BCUT2D eigenvalue weighted by molar-refractivity contribution is 0.412. The molecule has 0 fully saturated rings. The van der Waals surface area contributed by atoms with Gasteiger partial charge in [-0.15, -0.1) is 0 Å². The molecule has 60 valence electrons. The molecule has 2 N–H and O–H groups in total. The maximum absolute atomic E-state index is 5.41. The molecule has 0 aliphatic carbocycles. The number of rotatable bonds is 2. The summed E-state index contributed by atoms with van der Waals surface area (Å²) in [5.74, 6) is 0.731. The Morgan fingerprint density at radius 3 is 2.91 bits per heavy atom. The van der Waals surface area contributed by atoms with Crippen LogP contribution in [0, 0.1) is 0 Å². The first-order chi connectivity index (χ1) is 5.27. The molecule has 0 saturated heterocycles. The maximum atomic E-state index is 5.41. The third-order valence-corrected chi connectivity index (χ3v) is 2.01. The van der Waals surface area contributed by atoms with Gasteiger partial charge in [-0.3, -0.25) is 4.98 Å². The molecule has 0 spiro atoms. The normalized spacial score (nSPS) is 9.73. The third kappa shape index (κ3) is 1.91. The van der Waals surface area contributed by atoms with E-state index in [1.165, 1.54) is 0 Å². The highest BCUT2D eigenvalue weighted by Gasteiger charge is 1.99. The van der Waals surface area contributed by atoms with Crippen LogP contribution in [0.15, 0.2) is 16.7 Å². The number of nitrogens with two attached hydrogens (primary N) is 1. The summed E-state index contributed by atoms with van der Waals surface area (Å²) in [4.78, 5) is 4.07. The van der Waals surface area contributed by atoms with Crippen LogP contribution in [0.2, 0.25) is 0 Å². The zero-order valence-electron chi connectivity index (χ0n) is 6.17. The van der Waals surface area contributed by atoms with Crippen molar-refractivity contribution in [3.05, 3.63) is 22.4 Å². The number of methoxy groups -OCH3 is 1. The minimum Gasteiger partial charge on any atom is -0.495 e. The third-order valence-electron chi connectivity index (χ3n) is 1.32. The lowest BCUT2D eigenvalue weighted by Gasteiger charge is -2.02. The first kappa shape index (κ1) is 8.49. The summed E-state index contributed by atoms with van der Waals surface area (Å²) in [6.45, 7) is 0.435. The second kappa shape index (κ2) is 3.69. The van der Waals surface area contributed by atoms with Crippen LogP contribution in [0.5, 0.6) is 5.75 Å². The molecule has 0 atom stereocenters. The molecule has 0 radical (unpaired) electrons. The molecule has 0 aliphatic heterocycles. The van der Waals surface area contributed by atoms with Crippen molar-refractivity contribution in [2.45, 2.75) is 6.54 Å². The van der Waals surface area contributed by atoms with Gasteiger partial charge in [-0.2, -0.15) is 0 Å². The van der Waals surface area contributed by atoms with Gasteiger partial charge in [0.25, 0.3) is 0 Å². The fourth-order valence-corrected chi connectivity index (χ4v) is 1.20. The Kier molecular flexibility index (Phi) is 2.84. The molecule has 0 aromatic carbocycles. The Balaban J connectivity index is 2.99. The maximum Gasteiger partial charge on any atom is 0.138 e. The largest absolute Gasteiger partial charge is 0.495 e. The summed E-state index contributed by atoms with van der Waals surface area (Å²) in [7, 11) is 1.60. The molecule has 0 saturated carbocycles. The van der Waals surface area contributed by atoms with Gasteiger partial charge in [0.2, 0.25) is 0 Å². The molecular formula is C7H9BrN2O. The standard InChI is InChI=1S/C7H9BrN2O/c1-11-5-2-6(8)7(3-9)10-4-5/h2,4H,3,9H2,1H3. The number of ether oxygens (including phenoxy) is 1. The molecule has 1 rings (SSSR count). The smallest absolute Gasteiger partial charge is 0.138 e. The molecule has 1 aromatic rings. The van der Waals surface area contributed by atoms with Crippen LogP contribution in [0.1, 0.15) is 5.69 Å². The van der Waals surface area contributed by atoms with E-state index in [0.29, 0.717) is 6.54 Å². The van der Waals surface area contributed by atoms with Crippen molar-refractivity contribution in [1.29, 1.82) is 0 Å². The van der Waals surface area contributed by atoms with Crippen LogP contribution in [0.3, 0.4) is 0 Å². The summed E-state index contributed by atoms with van der Waals surface area (Å²) in [6.07, 6.45) is 1.65. The van der Waals surface area contributed by atoms with Crippen LogP contribution in [0.4, 0.5) is 0 Å². The summed E-state index contributed by atoms with van der Waals surface area (Å²) in [5.41, 5.74) is 6.25. The SMILES string of the molecule is COc1cnc(CN)c(Br)c1. The molecule has 0 bridgehead atoms. The monoisotopic (exact) mass is 216 g/mol. The Morgan fingerprint density at radius 1 is 1.73 bits per heavy atom. The van der Waals surface area contributed by atoms with Crippen molar-refractivity contribution in [2.75, 3.05) is 7.11 Å². The fraction of sp³-hybridized carbons (Fsp3) is 0.286. The van der Waals surface area contributed by atoms with Crippen LogP contribution >= 0.6 is 15.9 Å². The van der Waals surface area contributed by atoms with Crippen molar-refractivity contribution in [3.8, 4) is 5.75 Å². The van der Waals surface area contributed by atoms with E-state index in [1.54, 1.807) is 13.3 Å². The van der Waals surface area contributed by atoms with Gasteiger partial charge in [0, 0.05) is 11.0 Å². The molecular weight excluding hydrogens is 208 g/mol. The molecule has 11 heavy (non-hydrogen) atoms. The quantitative estimate of drug-likeness (QED) is 0.812. The number of pyridine rings is 1. The van der Waals surface area contributed by atoms with Gasteiger partial charge in [0.05, 0.1) is 19.0 Å². The van der Waals surface area contributed by atoms with Crippen molar-refractivity contribution >= 4 is 15.9 Å². The van der Waals surface area contributed by atoms with Gasteiger partial charge in [0.15, 0.2) is 0 Å². The zero-order valence-corrected chi connectivity index (χ0v) is 7.76. The topological polar surface area (TPSA) is 48.1 Å². The number of hydrogen-bond acceptors (Lipinski definition) is 3. The van der Waals surface area contributed by atoms with E-state index in [-0.39, 0.29) is 0 Å². The second-order valence-corrected chi connectivity index (χ2v) is 2.86. The molecule has 3 nitrogen and oxygen atoms in total. The first-order valence-electron chi connectivity index (χ1n) is 3.16. The molecule has 4 heteroatoms. The number of nitrogens with zero attached hydrogens (tertiary/aromatic N) is 1. The van der Waals surface area contributed by atoms with Crippen LogP contribution in [-0.2, 0) is 6.54 Å². The summed E-state index contributed by atoms with van der Waals surface area (Å²) >= 11 is 3.33. The predicted molar refractivity (Wildman–Crippen MR) is 46.4 cm³/mol. The van der Waals surface area contributed by atoms with Crippen molar-refractivity contribution in [3.63, 3.8) is 0 Å². The van der Waals surface area contributed by atoms with Crippen LogP contribution in [-0.4, -0.2) is 12.1 Å². The Bertz CT molecular complexity index is 252. The highest BCUT2D eigenvalue weighted by Crippen LogP contribution is 2.19. The number of aromatic nitrogens is 1. The van der Waals surface area contributed by atoms with Gasteiger partial charge in [-0.25, -0.2) is 0 Å². The van der Waals surface area contributed by atoms with Gasteiger partial charge in [0.1, 0.15) is 5.75 Å². The zero-order chi connectivity index (χ0) is 8.27. The average Bonchev–Trinajstić information content (AvgIpc) is 2.04. The van der Waals surface area contributed by atoms with Crippen molar-refractivity contribution in [2.24, 2.45) is 5.73 Å². The van der Waals surface area contributed by atoms with E-state index >= 15 is 0 Å². The second-order valence-electron chi connectivity index (χ2n) is 2.01. The average molecular weight is 217 g/mol. The summed E-state index contributed by atoms with van der Waals surface area (Å²) in [6, 6.07) is 1.84.